The van der Waals surface area contributed by atoms with Crippen LogP contribution in [0.15, 0.2) is 11.6 Å². The molecule has 0 aliphatic carbocycles. The van der Waals surface area contributed by atoms with E-state index >= 15 is 0 Å². The van der Waals surface area contributed by atoms with Crippen LogP contribution < -0.4 is 5.32 Å². The van der Waals surface area contributed by atoms with Crippen LogP contribution in [0, 0.1) is 0 Å². The van der Waals surface area contributed by atoms with Crippen molar-refractivity contribution < 1.29 is 9.53 Å². The zero-order valence-corrected chi connectivity index (χ0v) is 13.1. The van der Waals surface area contributed by atoms with Crippen LogP contribution in [0.4, 0.5) is 5.13 Å². The third-order valence-electron chi connectivity index (χ3n) is 3.37. The Morgan fingerprint density at radius 3 is 3.27 bits per heavy atom. The van der Waals surface area contributed by atoms with Crippen molar-refractivity contribution in [3.05, 3.63) is 23.2 Å². The summed E-state index contributed by atoms with van der Waals surface area (Å²) >= 11 is 1.41. The van der Waals surface area contributed by atoms with E-state index in [1.54, 1.807) is 6.20 Å². The predicted molar refractivity (Wildman–Crippen MR) is 81.6 cm³/mol. The number of anilines is 1. The summed E-state index contributed by atoms with van der Waals surface area (Å²) in [5, 5.41) is 12.3. The lowest BCUT2D eigenvalue weighted by molar-refractivity contribution is -0.119. The Balaban J connectivity index is 1.55. The number of nitrogens with one attached hydrogen (secondary N) is 2. The minimum atomic E-state index is -0.196. The number of morpholine rings is 1. The number of H-pyrrole nitrogens is 1. The van der Waals surface area contributed by atoms with Gasteiger partial charge in [0.05, 0.1) is 13.2 Å². The zero-order valence-electron chi connectivity index (χ0n) is 12.3. The van der Waals surface area contributed by atoms with Crippen molar-refractivity contribution >= 4 is 22.4 Å². The fourth-order valence-corrected chi connectivity index (χ4v) is 2.81. The molecule has 0 bridgehead atoms. The molecule has 118 valence electrons. The van der Waals surface area contributed by atoms with Crippen LogP contribution in [-0.4, -0.2) is 57.2 Å². The molecule has 2 aromatic heterocycles. The van der Waals surface area contributed by atoms with E-state index in [0.717, 1.165) is 12.2 Å². The summed E-state index contributed by atoms with van der Waals surface area (Å²) in [5.41, 5.74) is 0. The van der Waals surface area contributed by atoms with Gasteiger partial charge in [-0.15, -0.1) is 11.3 Å². The summed E-state index contributed by atoms with van der Waals surface area (Å²) in [4.78, 5) is 22.5. The Hall–Kier alpha value is -1.84. The number of aromatic amines is 1. The molecule has 3 rings (SSSR count). The molecule has 1 unspecified atom stereocenters. The molecule has 0 radical (unpaired) electrons. The summed E-state index contributed by atoms with van der Waals surface area (Å²) in [5.74, 6) is 1.43. The highest BCUT2D eigenvalue weighted by molar-refractivity contribution is 7.13. The number of hydrogen-bond donors (Lipinski definition) is 2. The number of nitrogens with zero attached hydrogens (tertiary/aromatic N) is 4. The average Bonchev–Trinajstić information content (AvgIpc) is 3.18. The Morgan fingerprint density at radius 1 is 1.64 bits per heavy atom. The molecule has 0 saturated carbocycles. The molecule has 1 fully saturated rings. The summed E-state index contributed by atoms with van der Waals surface area (Å²) < 4.78 is 5.71. The molecule has 1 saturated heterocycles. The molecule has 0 aromatic carbocycles. The van der Waals surface area contributed by atoms with Gasteiger partial charge in [-0.25, -0.2) is 9.97 Å². The van der Waals surface area contributed by atoms with Crippen LogP contribution in [0.2, 0.25) is 0 Å². The van der Waals surface area contributed by atoms with Gasteiger partial charge < -0.3 is 10.1 Å². The highest BCUT2D eigenvalue weighted by atomic mass is 32.1. The number of hydrogen-bond acceptors (Lipinski definition) is 7. The second kappa shape index (κ2) is 6.95. The Labute approximate surface area is 131 Å². The fourth-order valence-electron chi connectivity index (χ4n) is 2.26. The molecule has 1 aliphatic heterocycles. The van der Waals surface area contributed by atoms with E-state index in [1.165, 1.54) is 11.3 Å². The van der Waals surface area contributed by atoms with Gasteiger partial charge in [0.15, 0.2) is 11.0 Å². The first-order chi connectivity index (χ1) is 10.7. The van der Waals surface area contributed by atoms with Crippen LogP contribution in [-0.2, 0) is 16.0 Å². The smallest absolute Gasteiger partial charge is 0.240 e. The van der Waals surface area contributed by atoms with Crippen LogP contribution >= 0.6 is 11.3 Å². The van der Waals surface area contributed by atoms with E-state index in [2.05, 4.69) is 25.5 Å². The van der Waals surface area contributed by atoms with E-state index in [4.69, 9.17) is 4.74 Å². The molecule has 2 aromatic rings. The lowest BCUT2D eigenvalue weighted by atomic mass is 10.2. The Kier molecular flexibility index (Phi) is 4.76. The second-order valence-electron chi connectivity index (χ2n) is 4.97. The highest BCUT2D eigenvalue weighted by Gasteiger charge is 2.26. The third-order valence-corrected chi connectivity index (χ3v) is 4.06. The maximum absolute atomic E-state index is 12.0. The van der Waals surface area contributed by atoms with Gasteiger partial charge in [0.25, 0.3) is 0 Å². The number of thiazole rings is 1. The predicted octanol–water partition coefficient (Wildman–Crippen LogP) is 0.836. The van der Waals surface area contributed by atoms with E-state index < -0.39 is 0 Å². The first-order valence-electron chi connectivity index (χ1n) is 7.19. The summed E-state index contributed by atoms with van der Waals surface area (Å²) in [6.07, 6.45) is 2.28. The van der Waals surface area contributed by atoms with Gasteiger partial charge >= 0.3 is 0 Å². The van der Waals surface area contributed by atoms with Crippen LogP contribution in [0.5, 0.6) is 0 Å². The SMILES string of the molecule is CCc1nc(C2CN(CC(=O)Nc3nccs3)CCO2)n[nH]1. The van der Waals surface area contributed by atoms with Crippen molar-refractivity contribution in [3.8, 4) is 0 Å². The molecular formula is C13H18N6O2S. The number of ether oxygens (including phenoxy) is 1. The largest absolute Gasteiger partial charge is 0.367 e. The first-order valence-corrected chi connectivity index (χ1v) is 8.07. The minimum Gasteiger partial charge on any atom is -0.367 e. The Morgan fingerprint density at radius 2 is 2.55 bits per heavy atom. The number of carbonyl (C=O) groups is 1. The van der Waals surface area contributed by atoms with Crippen molar-refractivity contribution in [2.75, 3.05) is 31.6 Å². The number of amides is 1. The highest BCUT2D eigenvalue weighted by Crippen LogP contribution is 2.19. The molecular weight excluding hydrogens is 304 g/mol. The van der Waals surface area contributed by atoms with Gasteiger partial charge in [-0.2, -0.15) is 5.10 Å². The van der Waals surface area contributed by atoms with E-state index in [9.17, 15) is 4.79 Å². The van der Waals surface area contributed by atoms with Gasteiger partial charge in [-0.1, -0.05) is 6.92 Å². The molecule has 3 heterocycles. The summed E-state index contributed by atoms with van der Waals surface area (Å²) in [7, 11) is 0. The first kappa shape index (κ1) is 15.1. The van der Waals surface area contributed by atoms with Crippen LogP contribution in [0.25, 0.3) is 0 Å². The molecule has 9 heteroatoms. The minimum absolute atomic E-state index is 0.0696. The van der Waals surface area contributed by atoms with Crippen molar-refractivity contribution in [2.24, 2.45) is 0 Å². The fraction of sp³-hybridized carbons (Fsp3) is 0.538. The molecule has 1 atom stereocenters. The van der Waals surface area contributed by atoms with Gasteiger partial charge in [-0.05, 0) is 0 Å². The van der Waals surface area contributed by atoms with Gasteiger partial charge in [-0.3, -0.25) is 14.8 Å². The topological polar surface area (TPSA) is 96.0 Å². The van der Waals surface area contributed by atoms with E-state index in [1.807, 2.05) is 17.2 Å². The van der Waals surface area contributed by atoms with E-state index in [0.29, 0.717) is 37.2 Å². The third kappa shape index (κ3) is 3.67. The zero-order chi connectivity index (χ0) is 15.4. The van der Waals surface area contributed by atoms with Crippen LogP contribution in [0.1, 0.15) is 24.7 Å². The molecule has 1 aliphatic rings. The lowest BCUT2D eigenvalue weighted by Gasteiger charge is -2.30. The maximum atomic E-state index is 12.0. The quantitative estimate of drug-likeness (QED) is 0.847. The molecule has 0 spiro atoms. The second-order valence-corrected chi connectivity index (χ2v) is 5.87. The summed E-state index contributed by atoms with van der Waals surface area (Å²) in [6.45, 7) is 4.20. The normalized spacial score (nSPS) is 19.2. The van der Waals surface area contributed by atoms with E-state index in [-0.39, 0.29) is 12.0 Å². The lowest BCUT2D eigenvalue weighted by Crippen LogP contribution is -2.42. The molecule has 2 N–H and O–H groups in total. The summed E-state index contributed by atoms with van der Waals surface area (Å²) in [6, 6.07) is 0. The Bertz CT molecular complexity index is 614. The van der Waals surface area contributed by atoms with Crippen molar-refractivity contribution in [3.63, 3.8) is 0 Å². The van der Waals surface area contributed by atoms with Crippen molar-refractivity contribution in [2.45, 2.75) is 19.4 Å². The monoisotopic (exact) mass is 322 g/mol. The van der Waals surface area contributed by atoms with Crippen molar-refractivity contribution in [1.82, 2.24) is 25.1 Å². The van der Waals surface area contributed by atoms with Crippen molar-refractivity contribution in [1.29, 1.82) is 0 Å². The number of aryl methyl sites for hydroxylation is 1. The van der Waals surface area contributed by atoms with Gasteiger partial charge in [0.1, 0.15) is 11.9 Å². The number of aromatic nitrogens is 4. The molecule has 1 amide bonds. The van der Waals surface area contributed by atoms with Gasteiger partial charge in [0, 0.05) is 31.1 Å². The maximum Gasteiger partial charge on any atom is 0.240 e. The number of rotatable bonds is 5. The number of carbonyl (C=O) groups excluding carboxylic acids is 1. The standard InChI is InChI=1S/C13H18N6O2S/c1-2-10-15-12(18-17-10)9-7-19(4-5-21-9)8-11(20)16-13-14-3-6-22-13/h3,6,9H,2,4-5,7-8H2,1H3,(H,14,16,20)(H,15,17,18). The average molecular weight is 322 g/mol. The van der Waals surface area contributed by atoms with Gasteiger partial charge in [0.2, 0.25) is 5.91 Å². The molecule has 8 nitrogen and oxygen atoms in total. The molecule has 22 heavy (non-hydrogen) atoms. The van der Waals surface area contributed by atoms with Crippen LogP contribution in [0.3, 0.4) is 0 Å².